The average molecular weight is 185 g/mol. The number of nitrogens with one attached hydrogen (secondary N) is 2. The maximum absolute atomic E-state index is 11.3. The molecule has 0 aromatic heterocycles. The molecule has 1 unspecified atom stereocenters. The van der Waals surface area contributed by atoms with Gasteiger partial charge < -0.3 is 11.1 Å². The molecule has 74 valence electrons. The van der Waals surface area contributed by atoms with Crippen molar-refractivity contribution >= 4 is 11.9 Å². The fraction of sp³-hybridized carbons (Fsp3) is 0.750. The van der Waals surface area contributed by atoms with Gasteiger partial charge in [-0.25, -0.2) is 4.79 Å². The Bertz CT molecular complexity index is 229. The second-order valence-electron chi connectivity index (χ2n) is 3.49. The van der Waals surface area contributed by atoms with Gasteiger partial charge in [0.25, 0.3) is 5.91 Å². The second kappa shape index (κ2) is 3.74. The monoisotopic (exact) mass is 185 g/mol. The number of amides is 3. The van der Waals surface area contributed by atoms with E-state index in [0.29, 0.717) is 13.0 Å². The number of urea groups is 1. The molecule has 0 aromatic rings. The fourth-order valence-corrected chi connectivity index (χ4v) is 1.38. The minimum absolute atomic E-state index is 0.241. The molecule has 0 aromatic carbocycles. The van der Waals surface area contributed by atoms with Gasteiger partial charge in [-0.3, -0.25) is 10.1 Å². The predicted octanol–water partition coefficient (Wildman–Crippen LogP) is -0.286. The van der Waals surface area contributed by atoms with Gasteiger partial charge in [0.15, 0.2) is 0 Å². The van der Waals surface area contributed by atoms with Crippen molar-refractivity contribution in [3.05, 3.63) is 0 Å². The predicted molar refractivity (Wildman–Crippen MR) is 48.0 cm³/mol. The van der Waals surface area contributed by atoms with Gasteiger partial charge >= 0.3 is 6.03 Å². The lowest BCUT2D eigenvalue weighted by Crippen LogP contribution is -2.43. The van der Waals surface area contributed by atoms with Crippen molar-refractivity contribution in [1.29, 1.82) is 0 Å². The Labute approximate surface area is 77.1 Å². The summed E-state index contributed by atoms with van der Waals surface area (Å²) in [6.45, 7) is 2.34. The molecule has 1 atom stereocenters. The molecule has 1 rings (SSSR count). The summed E-state index contributed by atoms with van der Waals surface area (Å²) >= 11 is 0. The van der Waals surface area contributed by atoms with Crippen molar-refractivity contribution in [2.75, 3.05) is 6.54 Å². The summed E-state index contributed by atoms with van der Waals surface area (Å²) in [5.74, 6) is -0.241. The van der Waals surface area contributed by atoms with E-state index in [4.69, 9.17) is 5.73 Å². The molecular formula is C8H15N3O2. The van der Waals surface area contributed by atoms with Crippen LogP contribution >= 0.6 is 0 Å². The Morgan fingerprint density at radius 2 is 2.08 bits per heavy atom. The highest BCUT2D eigenvalue weighted by Gasteiger charge is 2.40. The number of hydrogen-bond donors (Lipinski definition) is 3. The number of carbonyl (C=O) groups is 2. The average Bonchev–Trinajstić information content (AvgIpc) is 2.27. The zero-order valence-corrected chi connectivity index (χ0v) is 7.72. The number of imide groups is 1. The zero-order chi connectivity index (χ0) is 9.90. The summed E-state index contributed by atoms with van der Waals surface area (Å²) < 4.78 is 0. The maximum atomic E-state index is 11.3. The van der Waals surface area contributed by atoms with Crippen LogP contribution < -0.4 is 16.4 Å². The molecule has 0 aliphatic carbocycles. The molecule has 1 aliphatic heterocycles. The van der Waals surface area contributed by atoms with Gasteiger partial charge in [-0.05, 0) is 32.7 Å². The molecule has 1 saturated heterocycles. The van der Waals surface area contributed by atoms with Crippen molar-refractivity contribution in [2.45, 2.75) is 31.7 Å². The van der Waals surface area contributed by atoms with Gasteiger partial charge in [0, 0.05) is 0 Å². The Morgan fingerprint density at radius 1 is 1.38 bits per heavy atom. The number of unbranched alkanes of at least 4 members (excludes halogenated alkanes) is 1. The molecule has 0 saturated carbocycles. The largest absolute Gasteiger partial charge is 0.330 e. The highest BCUT2D eigenvalue weighted by Crippen LogP contribution is 2.17. The molecule has 0 bridgehead atoms. The van der Waals surface area contributed by atoms with E-state index in [2.05, 4.69) is 10.6 Å². The van der Waals surface area contributed by atoms with Crippen LogP contribution in [0.2, 0.25) is 0 Å². The second-order valence-corrected chi connectivity index (χ2v) is 3.49. The van der Waals surface area contributed by atoms with Gasteiger partial charge in [0.05, 0.1) is 0 Å². The van der Waals surface area contributed by atoms with E-state index in [1.54, 1.807) is 6.92 Å². The van der Waals surface area contributed by atoms with Crippen LogP contribution in [0.5, 0.6) is 0 Å². The molecule has 13 heavy (non-hydrogen) atoms. The molecule has 5 heteroatoms. The first-order valence-electron chi connectivity index (χ1n) is 4.42. The molecule has 0 spiro atoms. The van der Waals surface area contributed by atoms with Crippen molar-refractivity contribution in [3.8, 4) is 0 Å². The Morgan fingerprint density at radius 3 is 2.54 bits per heavy atom. The van der Waals surface area contributed by atoms with E-state index in [1.165, 1.54) is 0 Å². The summed E-state index contributed by atoms with van der Waals surface area (Å²) in [6.07, 6.45) is 2.36. The van der Waals surface area contributed by atoms with Gasteiger partial charge in [0.2, 0.25) is 0 Å². The molecular weight excluding hydrogens is 170 g/mol. The van der Waals surface area contributed by atoms with Crippen LogP contribution in [-0.2, 0) is 4.79 Å². The molecule has 5 nitrogen and oxygen atoms in total. The first-order valence-corrected chi connectivity index (χ1v) is 4.42. The van der Waals surface area contributed by atoms with Crippen molar-refractivity contribution in [1.82, 2.24) is 10.6 Å². The lowest BCUT2D eigenvalue weighted by atomic mass is 9.95. The van der Waals surface area contributed by atoms with E-state index in [1.807, 2.05) is 0 Å². The Kier molecular flexibility index (Phi) is 2.87. The van der Waals surface area contributed by atoms with Crippen LogP contribution in [0.15, 0.2) is 0 Å². The molecule has 3 amide bonds. The van der Waals surface area contributed by atoms with E-state index < -0.39 is 11.6 Å². The first kappa shape index (κ1) is 9.98. The molecule has 1 fully saturated rings. The van der Waals surface area contributed by atoms with Gasteiger partial charge in [-0.15, -0.1) is 0 Å². The van der Waals surface area contributed by atoms with E-state index in [-0.39, 0.29) is 5.91 Å². The van der Waals surface area contributed by atoms with Crippen LogP contribution in [0.4, 0.5) is 4.79 Å². The summed E-state index contributed by atoms with van der Waals surface area (Å²) in [5.41, 5.74) is 4.60. The quantitative estimate of drug-likeness (QED) is 0.416. The van der Waals surface area contributed by atoms with Crippen molar-refractivity contribution < 1.29 is 9.59 Å². The number of hydrogen-bond acceptors (Lipinski definition) is 3. The fourth-order valence-electron chi connectivity index (χ4n) is 1.38. The minimum Gasteiger partial charge on any atom is -0.330 e. The molecule has 4 N–H and O–H groups in total. The van der Waals surface area contributed by atoms with Crippen molar-refractivity contribution in [2.24, 2.45) is 5.73 Å². The number of rotatable bonds is 4. The van der Waals surface area contributed by atoms with Crippen LogP contribution in [0.3, 0.4) is 0 Å². The summed E-state index contributed by atoms with van der Waals surface area (Å²) in [7, 11) is 0. The van der Waals surface area contributed by atoms with Crippen LogP contribution in [0.25, 0.3) is 0 Å². The third-order valence-electron chi connectivity index (χ3n) is 2.25. The third kappa shape index (κ3) is 2.18. The van der Waals surface area contributed by atoms with Gasteiger partial charge in [-0.2, -0.15) is 0 Å². The summed E-state index contributed by atoms with van der Waals surface area (Å²) in [4.78, 5) is 22.1. The SMILES string of the molecule is CC1(CCCCN)NC(=O)NC1=O. The number of nitrogens with two attached hydrogens (primary N) is 1. The molecule has 1 aliphatic rings. The normalized spacial score (nSPS) is 27.2. The Hall–Kier alpha value is -1.10. The van der Waals surface area contributed by atoms with Gasteiger partial charge in [0.1, 0.15) is 5.54 Å². The van der Waals surface area contributed by atoms with Crippen LogP contribution in [0, 0.1) is 0 Å². The Balaban J connectivity index is 2.46. The van der Waals surface area contributed by atoms with E-state index >= 15 is 0 Å². The maximum Gasteiger partial charge on any atom is 0.322 e. The smallest absolute Gasteiger partial charge is 0.322 e. The van der Waals surface area contributed by atoms with E-state index in [9.17, 15) is 9.59 Å². The lowest BCUT2D eigenvalue weighted by Gasteiger charge is -2.19. The van der Waals surface area contributed by atoms with Crippen LogP contribution in [-0.4, -0.2) is 24.0 Å². The number of carbonyl (C=O) groups excluding carboxylic acids is 2. The third-order valence-corrected chi connectivity index (χ3v) is 2.25. The molecule has 0 radical (unpaired) electrons. The molecule has 1 heterocycles. The van der Waals surface area contributed by atoms with Crippen molar-refractivity contribution in [3.63, 3.8) is 0 Å². The van der Waals surface area contributed by atoms with Gasteiger partial charge in [-0.1, -0.05) is 0 Å². The minimum atomic E-state index is -0.730. The highest BCUT2D eigenvalue weighted by molar-refractivity contribution is 6.06. The highest BCUT2D eigenvalue weighted by atomic mass is 16.2. The van der Waals surface area contributed by atoms with E-state index in [0.717, 1.165) is 12.8 Å². The first-order chi connectivity index (χ1) is 6.08. The topological polar surface area (TPSA) is 84.2 Å². The summed E-state index contributed by atoms with van der Waals surface area (Å²) in [6, 6.07) is -0.403. The summed E-state index contributed by atoms with van der Waals surface area (Å²) in [5, 5.41) is 4.81. The lowest BCUT2D eigenvalue weighted by molar-refractivity contribution is -0.123. The standard InChI is InChI=1S/C8H15N3O2/c1-8(4-2-3-5-9)6(12)10-7(13)11-8/h2-5,9H2,1H3,(H2,10,11,12,13). The van der Waals surface area contributed by atoms with Crippen LogP contribution in [0.1, 0.15) is 26.2 Å². The zero-order valence-electron chi connectivity index (χ0n) is 7.72.